The molecule has 0 amide bonds. The molecule has 1 aliphatic heterocycles. The lowest BCUT2D eigenvalue weighted by Gasteiger charge is -2.35. The highest BCUT2D eigenvalue weighted by Gasteiger charge is 2.37. The Morgan fingerprint density at radius 2 is 1.77 bits per heavy atom. The molecule has 1 unspecified atom stereocenters. The van der Waals surface area contributed by atoms with E-state index in [1.54, 1.807) is 24.3 Å². The number of hydrogen-bond donors (Lipinski definition) is 1. The summed E-state index contributed by atoms with van der Waals surface area (Å²) in [6.45, 7) is 0.635. The molecule has 10 heteroatoms. The van der Waals surface area contributed by atoms with E-state index in [0.29, 0.717) is 23.2 Å². The molecule has 1 atom stereocenters. The SMILES string of the molecule is Cl.O=S(=O)(c1ccc(F)c(F)c1F)N1CCNCC1c1ccccc1Cl. The van der Waals surface area contributed by atoms with Crippen LogP contribution in [0.3, 0.4) is 0 Å². The molecule has 26 heavy (non-hydrogen) atoms. The average molecular weight is 427 g/mol. The molecular weight excluding hydrogens is 412 g/mol. The van der Waals surface area contributed by atoms with Crippen molar-refractivity contribution in [1.29, 1.82) is 0 Å². The zero-order chi connectivity index (χ0) is 18.2. The van der Waals surface area contributed by atoms with Gasteiger partial charge in [-0.25, -0.2) is 21.6 Å². The monoisotopic (exact) mass is 426 g/mol. The summed E-state index contributed by atoms with van der Waals surface area (Å²) in [7, 11) is -4.39. The molecule has 4 nitrogen and oxygen atoms in total. The lowest BCUT2D eigenvalue weighted by Crippen LogP contribution is -2.48. The second-order valence-corrected chi connectivity index (χ2v) is 7.80. The third-order valence-corrected chi connectivity index (χ3v) is 6.31. The molecule has 3 rings (SSSR count). The third-order valence-electron chi connectivity index (χ3n) is 4.04. The molecule has 1 heterocycles. The minimum Gasteiger partial charge on any atom is -0.313 e. The van der Waals surface area contributed by atoms with Crippen molar-refractivity contribution in [3.05, 3.63) is 64.4 Å². The van der Waals surface area contributed by atoms with Gasteiger partial charge in [0, 0.05) is 24.7 Å². The maximum atomic E-state index is 14.1. The molecule has 1 fully saturated rings. The first-order valence-corrected chi connectivity index (χ1v) is 9.26. The van der Waals surface area contributed by atoms with Crippen LogP contribution in [0.5, 0.6) is 0 Å². The minimum absolute atomic E-state index is 0. The van der Waals surface area contributed by atoms with Gasteiger partial charge >= 0.3 is 0 Å². The van der Waals surface area contributed by atoms with Crippen LogP contribution in [0.2, 0.25) is 5.02 Å². The Morgan fingerprint density at radius 3 is 2.46 bits per heavy atom. The van der Waals surface area contributed by atoms with Gasteiger partial charge < -0.3 is 5.32 Å². The van der Waals surface area contributed by atoms with E-state index < -0.39 is 38.4 Å². The Hall–Kier alpha value is -1.32. The van der Waals surface area contributed by atoms with Gasteiger partial charge in [-0.3, -0.25) is 0 Å². The third kappa shape index (κ3) is 3.70. The summed E-state index contributed by atoms with van der Waals surface area (Å²) in [5.41, 5.74) is 0.544. The van der Waals surface area contributed by atoms with Crippen molar-refractivity contribution in [2.24, 2.45) is 0 Å². The van der Waals surface area contributed by atoms with E-state index in [1.165, 1.54) is 0 Å². The van der Waals surface area contributed by atoms with E-state index in [2.05, 4.69) is 5.32 Å². The molecule has 142 valence electrons. The molecule has 1 N–H and O–H groups in total. The summed E-state index contributed by atoms with van der Waals surface area (Å²) in [5.74, 6) is -4.98. The molecule has 0 bridgehead atoms. The highest BCUT2D eigenvalue weighted by atomic mass is 35.5. The second kappa shape index (κ2) is 8.14. The summed E-state index contributed by atoms with van der Waals surface area (Å²) in [4.78, 5) is -0.898. The number of hydrogen-bond acceptors (Lipinski definition) is 3. The van der Waals surface area contributed by atoms with Gasteiger partial charge in [-0.2, -0.15) is 4.31 Å². The maximum absolute atomic E-state index is 14.1. The Balaban J connectivity index is 0.00000243. The van der Waals surface area contributed by atoms with Gasteiger partial charge in [0.05, 0.1) is 6.04 Å². The molecule has 1 aliphatic rings. The van der Waals surface area contributed by atoms with Crippen LogP contribution >= 0.6 is 24.0 Å². The van der Waals surface area contributed by atoms with Crippen molar-refractivity contribution in [1.82, 2.24) is 9.62 Å². The Kier molecular flexibility index (Phi) is 6.57. The fourth-order valence-electron chi connectivity index (χ4n) is 2.82. The highest BCUT2D eigenvalue weighted by Crippen LogP contribution is 2.33. The molecule has 1 saturated heterocycles. The topological polar surface area (TPSA) is 49.4 Å². The van der Waals surface area contributed by atoms with Crippen LogP contribution in [0.4, 0.5) is 13.2 Å². The lowest BCUT2D eigenvalue weighted by atomic mass is 10.1. The summed E-state index contributed by atoms with van der Waals surface area (Å²) in [6, 6.07) is 7.33. The van der Waals surface area contributed by atoms with E-state index >= 15 is 0 Å². The molecule has 0 radical (unpaired) electrons. The molecule has 2 aromatic rings. The van der Waals surface area contributed by atoms with E-state index in [1.807, 2.05) is 0 Å². The summed E-state index contributed by atoms with van der Waals surface area (Å²) in [5, 5.41) is 3.42. The zero-order valence-electron chi connectivity index (χ0n) is 13.3. The van der Waals surface area contributed by atoms with Crippen LogP contribution < -0.4 is 5.32 Å². The Bertz CT molecular complexity index is 912. The number of nitrogens with one attached hydrogen (secondary N) is 1. The van der Waals surface area contributed by atoms with Crippen molar-refractivity contribution < 1.29 is 21.6 Å². The predicted octanol–water partition coefficient (Wildman–Crippen LogP) is 3.51. The standard InChI is InChI=1S/C16H14ClF3N2O2S.ClH/c17-11-4-2-1-3-10(11)13-9-21-7-8-22(13)25(23,24)14-6-5-12(18)15(19)16(14)20;/h1-6,13,21H,7-9H2;1H. The van der Waals surface area contributed by atoms with E-state index in [-0.39, 0.29) is 25.5 Å². The maximum Gasteiger partial charge on any atom is 0.246 e. The van der Waals surface area contributed by atoms with Gasteiger partial charge in [-0.15, -0.1) is 12.4 Å². The molecular formula is C16H15Cl2F3N2O2S. The van der Waals surface area contributed by atoms with Gasteiger partial charge in [-0.1, -0.05) is 29.8 Å². The van der Waals surface area contributed by atoms with Crippen molar-refractivity contribution in [3.8, 4) is 0 Å². The van der Waals surface area contributed by atoms with Crippen LogP contribution in [-0.2, 0) is 10.0 Å². The van der Waals surface area contributed by atoms with Crippen LogP contribution in [0.15, 0.2) is 41.3 Å². The fraction of sp³-hybridized carbons (Fsp3) is 0.250. The van der Waals surface area contributed by atoms with Crippen LogP contribution in [-0.4, -0.2) is 32.4 Å². The van der Waals surface area contributed by atoms with Crippen LogP contribution in [0.25, 0.3) is 0 Å². The van der Waals surface area contributed by atoms with E-state index in [0.717, 1.165) is 10.4 Å². The van der Waals surface area contributed by atoms with E-state index in [9.17, 15) is 21.6 Å². The van der Waals surface area contributed by atoms with Gasteiger partial charge in [0.2, 0.25) is 10.0 Å². The number of benzene rings is 2. The van der Waals surface area contributed by atoms with Crippen molar-refractivity contribution >= 4 is 34.0 Å². The van der Waals surface area contributed by atoms with Crippen LogP contribution in [0, 0.1) is 17.5 Å². The quantitative estimate of drug-likeness (QED) is 0.763. The second-order valence-electron chi connectivity index (χ2n) is 5.53. The zero-order valence-corrected chi connectivity index (χ0v) is 15.6. The fourth-order valence-corrected chi connectivity index (χ4v) is 4.74. The number of halogens is 5. The van der Waals surface area contributed by atoms with Crippen molar-refractivity contribution in [3.63, 3.8) is 0 Å². The van der Waals surface area contributed by atoms with Gasteiger partial charge in [-0.05, 0) is 23.8 Å². The summed E-state index contributed by atoms with van der Waals surface area (Å²) >= 11 is 6.16. The highest BCUT2D eigenvalue weighted by molar-refractivity contribution is 7.89. The number of nitrogens with zero attached hydrogens (tertiary/aromatic N) is 1. The first kappa shape index (κ1) is 21.0. The smallest absolute Gasteiger partial charge is 0.246 e. The minimum atomic E-state index is -4.39. The Labute approximate surface area is 160 Å². The average Bonchev–Trinajstić information content (AvgIpc) is 2.60. The van der Waals surface area contributed by atoms with Gasteiger partial charge in [0.25, 0.3) is 0 Å². The van der Waals surface area contributed by atoms with Crippen molar-refractivity contribution in [2.45, 2.75) is 10.9 Å². The molecule has 2 aromatic carbocycles. The molecule has 0 aromatic heterocycles. The number of sulfonamides is 1. The first-order chi connectivity index (χ1) is 11.8. The van der Waals surface area contributed by atoms with E-state index in [4.69, 9.17) is 11.6 Å². The first-order valence-electron chi connectivity index (χ1n) is 7.44. The van der Waals surface area contributed by atoms with Crippen molar-refractivity contribution in [2.75, 3.05) is 19.6 Å². The molecule has 0 aliphatic carbocycles. The lowest BCUT2D eigenvalue weighted by molar-refractivity contribution is 0.270. The Morgan fingerprint density at radius 1 is 1.08 bits per heavy atom. The van der Waals surface area contributed by atoms with Gasteiger partial charge in [0.1, 0.15) is 4.90 Å². The molecule has 0 spiro atoms. The van der Waals surface area contributed by atoms with Crippen LogP contribution in [0.1, 0.15) is 11.6 Å². The van der Waals surface area contributed by atoms with Gasteiger partial charge in [0.15, 0.2) is 17.5 Å². The summed E-state index contributed by atoms with van der Waals surface area (Å²) < 4.78 is 67.5. The number of rotatable bonds is 3. The predicted molar refractivity (Wildman–Crippen MR) is 94.5 cm³/mol. The summed E-state index contributed by atoms with van der Waals surface area (Å²) in [6.07, 6.45) is 0. The normalized spacial score (nSPS) is 18.4. The largest absolute Gasteiger partial charge is 0.313 e. The molecule has 0 saturated carbocycles. The number of piperazine rings is 1.